The van der Waals surface area contributed by atoms with Gasteiger partial charge in [-0.2, -0.15) is 0 Å². The molecule has 0 N–H and O–H groups in total. The highest BCUT2D eigenvalue weighted by Crippen LogP contribution is 2.36. The number of thiophene rings is 1. The lowest BCUT2D eigenvalue weighted by Gasteiger charge is -2.36. The van der Waals surface area contributed by atoms with Crippen LogP contribution in [0.2, 0.25) is 0 Å². The van der Waals surface area contributed by atoms with E-state index in [9.17, 15) is 4.79 Å². The molecule has 1 aromatic carbocycles. The lowest BCUT2D eigenvalue weighted by Crippen LogP contribution is -2.48. The molecule has 1 aliphatic heterocycles. The maximum Gasteiger partial charge on any atom is 0.264 e. The molecule has 162 valence electrons. The van der Waals surface area contributed by atoms with E-state index in [-0.39, 0.29) is 5.91 Å². The standard InChI is InChI=1S/C24H29N5OS/c1-5-27(15-17(2)3)22-20-18(4)21(31-23(20)26-16-25-22)24(30)29-13-11-28(12-14-29)19-9-7-6-8-10-19/h6-10,16H,2,5,11-15H2,1,3-4H3. The number of aromatic nitrogens is 2. The number of rotatable bonds is 6. The zero-order chi connectivity index (χ0) is 22.0. The molecule has 0 atom stereocenters. The van der Waals surface area contributed by atoms with E-state index in [1.54, 1.807) is 6.33 Å². The van der Waals surface area contributed by atoms with Crippen molar-refractivity contribution in [2.24, 2.45) is 0 Å². The molecule has 1 fully saturated rings. The largest absolute Gasteiger partial charge is 0.368 e. The third-order valence-corrected chi connectivity index (χ3v) is 6.92. The molecule has 0 bridgehead atoms. The number of piperazine rings is 1. The number of hydrogen-bond acceptors (Lipinski definition) is 6. The summed E-state index contributed by atoms with van der Waals surface area (Å²) in [4.78, 5) is 30.6. The second kappa shape index (κ2) is 9.06. The summed E-state index contributed by atoms with van der Waals surface area (Å²) < 4.78 is 0. The molecule has 0 saturated carbocycles. The van der Waals surface area contributed by atoms with Crippen LogP contribution < -0.4 is 9.80 Å². The fourth-order valence-electron chi connectivity index (χ4n) is 4.11. The number of fused-ring (bicyclic) bond motifs is 1. The quantitative estimate of drug-likeness (QED) is 0.539. The smallest absolute Gasteiger partial charge is 0.264 e. The molecular formula is C24H29N5OS. The normalized spacial score (nSPS) is 14.2. The third kappa shape index (κ3) is 4.28. The number of likely N-dealkylation sites (N-methyl/N-ethyl adjacent to an activating group) is 1. The summed E-state index contributed by atoms with van der Waals surface area (Å²) >= 11 is 1.48. The average molecular weight is 436 g/mol. The van der Waals surface area contributed by atoms with Gasteiger partial charge in [0.15, 0.2) is 0 Å². The van der Waals surface area contributed by atoms with Gasteiger partial charge < -0.3 is 14.7 Å². The van der Waals surface area contributed by atoms with Crippen molar-refractivity contribution in [1.82, 2.24) is 14.9 Å². The Morgan fingerprint density at radius 3 is 2.52 bits per heavy atom. The minimum atomic E-state index is 0.0992. The van der Waals surface area contributed by atoms with Crippen LogP contribution in [0.4, 0.5) is 11.5 Å². The number of para-hydroxylation sites is 1. The zero-order valence-corrected chi connectivity index (χ0v) is 19.3. The lowest BCUT2D eigenvalue weighted by molar-refractivity contribution is 0.0751. The molecule has 1 saturated heterocycles. The topological polar surface area (TPSA) is 52.6 Å². The second-order valence-corrected chi connectivity index (χ2v) is 9.02. The van der Waals surface area contributed by atoms with Crippen molar-refractivity contribution in [1.29, 1.82) is 0 Å². The molecule has 2 aromatic heterocycles. The highest BCUT2D eigenvalue weighted by molar-refractivity contribution is 7.20. The van der Waals surface area contributed by atoms with Crippen LogP contribution in [0.25, 0.3) is 10.2 Å². The summed E-state index contributed by atoms with van der Waals surface area (Å²) in [6.45, 7) is 14.9. The molecule has 1 amide bonds. The first-order valence-corrected chi connectivity index (χ1v) is 11.5. The molecule has 4 rings (SSSR count). The summed E-state index contributed by atoms with van der Waals surface area (Å²) in [5.41, 5.74) is 3.27. The van der Waals surface area contributed by atoms with Gasteiger partial charge in [-0.25, -0.2) is 9.97 Å². The van der Waals surface area contributed by atoms with Gasteiger partial charge in [0.05, 0.1) is 10.3 Å². The maximum atomic E-state index is 13.4. The molecule has 1 aliphatic rings. The van der Waals surface area contributed by atoms with Crippen molar-refractivity contribution in [3.63, 3.8) is 0 Å². The number of hydrogen-bond donors (Lipinski definition) is 0. The summed E-state index contributed by atoms with van der Waals surface area (Å²) in [6.07, 6.45) is 1.60. The van der Waals surface area contributed by atoms with E-state index < -0.39 is 0 Å². The first-order valence-electron chi connectivity index (χ1n) is 10.7. The average Bonchev–Trinajstić information content (AvgIpc) is 3.14. The molecule has 31 heavy (non-hydrogen) atoms. The monoisotopic (exact) mass is 435 g/mol. The van der Waals surface area contributed by atoms with Gasteiger partial charge in [0.2, 0.25) is 0 Å². The molecule has 3 aromatic rings. The fourth-order valence-corrected chi connectivity index (χ4v) is 5.22. The predicted molar refractivity (Wildman–Crippen MR) is 129 cm³/mol. The van der Waals surface area contributed by atoms with Gasteiger partial charge >= 0.3 is 0 Å². The Morgan fingerprint density at radius 1 is 1.16 bits per heavy atom. The Hall–Kier alpha value is -2.93. The van der Waals surface area contributed by atoms with Gasteiger partial charge in [-0.1, -0.05) is 30.4 Å². The summed E-state index contributed by atoms with van der Waals surface area (Å²) in [6, 6.07) is 10.4. The van der Waals surface area contributed by atoms with Crippen LogP contribution in [0.1, 0.15) is 29.1 Å². The van der Waals surface area contributed by atoms with E-state index in [1.165, 1.54) is 17.0 Å². The van der Waals surface area contributed by atoms with Gasteiger partial charge in [0, 0.05) is 45.0 Å². The van der Waals surface area contributed by atoms with Crippen LogP contribution in [0, 0.1) is 6.92 Å². The summed E-state index contributed by atoms with van der Waals surface area (Å²) in [5, 5.41) is 0.988. The van der Waals surface area contributed by atoms with E-state index >= 15 is 0 Å². The van der Waals surface area contributed by atoms with Crippen LogP contribution in [0.15, 0.2) is 48.8 Å². The van der Waals surface area contributed by atoms with Gasteiger partial charge in [-0.05, 0) is 38.5 Å². The number of benzene rings is 1. The maximum absolute atomic E-state index is 13.4. The van der Waals surface area contributed by atoms with E-state index in [4.69, 9.17) is 0 Å². The summed E-state index contributed by atoms with van der Waals surface area (Å²) in [7, 11) is 0. The first-order chi connectivity index (χ1) is 15.0. The van der Waals surface area contributed by atoms with Crippen LogP contribution in [0.5, 0.6) is 0 Å². The molecule has 6 nitrogen and oxygen atoms in total. The highest BCUT2D eigenvalue weighted by Gasteiger charge is 2.27. The number of aryl methyl sites for hydroxylation is 1. The SMILES string of the molecule is C=C(C)CN(CC)c1ncnc2sc(C(=O)N3CCN(c4ccccc4)CC3)c(C)c12. The molecule has 0 spiro atoms. The van der Waals surface area contributed by atoms with Crippen LogP contribution >= 0.6 is 11.3 Å². The summed E-state index contributed by atoms with van der Waals surface area (Å²) in [5.74, 6) is 0.985. The van der Waals surface area contributed by atoms with E-state index in [2.05, 4.69) is 57.5 Å². The Morgan fingerprint density at radius 2 is 1.87 bits per heavy atom. The number of carbonyl (C=O) groups excluding carboxylic acids is 1. The molecule has 3 heterocycles. The fraction of sp³-hybridized carbons (Fsp3) is 0.375. The molecule has 0 unspecified atom stereocenters. The van der Waals surface area contributed by atoms with Gasteiger partial charge in [0.25, 0.3) is 5.91 Å². The number of nitrogens with zero attached hydrogens (tertiary/aromatic N) is 5. The second-order valence-electron chi connectivity index (χ2n) is 8.02. The van der Waals surface area contributed by atoms with E-state index in [1.807, 2.05) is 24.8 Å². The molecule has 0 radical (unpaired) electrons. The van der Waals surface area contributed by atoms with Crippen LogP contribution in [0.3, 0.4) is 0 Å². The van der Waals surface area contributed by atoms with Crippen molar-refractivity contribution in [2.45, 2.75) is 20.8 Å². The number of anilines is 2. The van der Waals surface area contributed by atoms with Crippen LogP contribution in [-0.4, -0.2) is 60.0 Å². The minimum Gasteiger partial charge on any atom is -0.368 e. The predicted octanol–water partition coefficient (Wildman–Crippen LogP) is 4.36. The Bertz CT molecular complexity index is 1090. The van der Waals surface area contributed by atoms with Gasteiger partial charge in [-0.3, -0.25) is 4.79 Å². The van der Waals surface area contributed by atoms with Crippen molar-refractivity contribution in [3.05, 3.63) is 59.3 Å². The van der Waals surface area contributed by atoms with Crippen molar-refractivity contribution in [3.8, 4) is 0 Å². The molecule has 0 aliphatic carbocycles. The molecular weight excluding hydrogens is 406 g/mol. The Labute approximate surface area is 187 Å². The van der Waals surface area contributed by atoms with Gasteiger partial charge in [-0.15, -0.1) is 11.3 Å². The van der Waals surface area contributed by atoms with Crippen molar-refractivity contribution < 1.29 is 4.79 Å². The number of carbonyl (C=O) groups is 1. The van der Waals surface area contributed by atoms with Crippen molar-refractivity contribution >= 4 is 39.0 Å². The van der Waals surface area contributed by atoms with Crippen LogP contribution in [-0.2, 0) is 0 Å². The number of amides is 1. The zero-order valence-electron chi connectivity index (χ0n) is 18.5. The van der Waals surface area contributed by atoms with Gasteiger partial charge in [0.1, 0.15) is 17.0 Å². The Kier molecular flexibility index (Phi) is 6.23. The minimum absolute atomic E-state index is 0.0992. The first kappa shape index (κ1) is 21.3. The highest BCUT2D eigenvalue weighted by atomic mass is 32.1. The molecule has 7 heteroatoms. The Balaban J connectivity index is 1.57. The lowest BCUT2D eigenvalue weighted by atomic mass is 10.1. The third-order valence-electron chi connectivity index (χ3n) is 5.73. The van der Waals surface area contributed by atoms with Crippen molar-refractivity contribution in [2.75, 3.05) is 49.1 Å². The van der Waals surface area contributed by atoms with E-state index in [0.717, 1.165) is 71.3 Å². The van der Waals surface area contributed by atoms with E-state index in [0.29, 0.717) is 0 Å².